The van der Waals surface area contributed by atoms with Crippen LogP contribution in [-0.2, 0) is 9.53 Å². The quantitative estimate of drug-likeness (QED) is 0.381. The Morgan fingerprint density at radius 1 is 1.11 bits per heavy atom. The van der Waals surface area contributed by atoms with Gasteiger partial charge < -0.3 is 9.47 Å². The van der Waals surface area contributed by atoms with Crippen molar-refractivity contribution in [1.29, 1.82) is 0 Å². The first-order valence-corrected chi connectivity index (χ1v) is 10.4. The number of benzene rings is 2. The molecule has 3 aromatic rings. The number of ether oxygens (including phenoxy) is 2. The lowest BCUT2D eigenvalue weighted by Gasteiger charge is -2.32. The summed E-state index contributed by atoms with van der Waals surface area (Å²) in [4.78, 5) is 12.9. The fourth-order valence-electron chi connectivity index (χ4n) is 3.86. The van der Waals surface area contributed by atoms with Gasteiger partial charge in [-0.25, -0.2) is 4.79 Å². The van der Waals surface area contributed by atoms with Crippen molar-refractivity contribution >= 4 is 27.4 Å². The predicted octanol–water partition coefficient (Wildman–Crippen LogP) is 6.23. The highest BCUT2D eigenvalue weighted by Gasteiger charge is 2.47. The molecule has 1 aliphatic rings. The van der Waals surface area contributed by atoms with Crippen LogP contribution in [0.3, 0.4) is 0 Å². The largest absolute Gasteiger partial charge is 0.490 e. The Balaban J connectivity index is 1.53. The molecule has 1 fully saturated rings. The summed E-state index contributed by atoms with van der Waals surface area (Å²) in [5, 5.41) is 1.22. The van der Waals surface area contributed by atoms with E-state index in [2.05, 4.69) is 62.9 Å². The minimum Gasteiger partial charge on any atom is -0.490 e. The van der Waals surface area contributed by atoms with Gasteiger partial charge in [-0.2, -0.15) is 0 Å². The van der Waals surface area contributed by atoms with E-state index in [1.807, 2.05) is 12.1 Å². The van der Waals surface area contributed by atoms with Gasteiger partial charge in [-0.05, 0) is 48.1 Å². The fraction of sp³-hybridized carbons (Fsp3) is 0.292. The van der Waals surface area contributed by atoms with Crippen LogP contribution in [0.4, 0.5) is 0 Å². The van der Waals surface area contributed by atoms with Crippen LogP contribution in [0.15, 0.2) is 67.3 Å². The number of esters is 1. The standard InChI is InChI=1S/C24H24O3S/c1-4-23(25)27-22-13-12-21(24(22,2)3)26-18-11-10-17-14-19(28-20(17)15-18)16-8-6-5-7-9-16/h4-11,14-15,21-22H,1,12-13H2,2-3H3. The van der Waals surface area contributed by atoms with Crippen molar-refractivity contribution in [1.82, 2.24) is 0 Å². The highest BCUT2D eigenvalue weighted by atomic mass is 32.1. The lowest BCUT2D eigenvalue weighted by atomic mass is 9.87. The molecule has 0 N–H and O–H groups in total. The van der Waals surface area contributed by atoms with Gasteiger partial charge in [0, 0.05) is 21.1 Å². The third-order valence-corrected chi connectivity index (χ3v) is 6.75. The van der Waals surface area contributed by atoms with Gasteiger partial charge in [-0.3, -0.25) is 0 Å². The molecule has 3 nitrogen and oxygen atoms in total. The van der Waals surface area contributed by atoms with Gasteiger partial charge in [0.1, 0.15) is 18.0 Å². The molecule has 1 heterocycles. The number of fused-ring (bicyclic) bond motifs is 1. The van der Waals surface area contributed by atoms with E-state index < -0.39 is 0 Å². The van der Waals surface area contributed by atoms with Crippen LogP contribution in [0.1, 0.15) is 26.7 Å². The summed E-state index contributed by atoms with van der Waals surface area (Å²) in [6, 6.07) is 18.9. The van der Waals surface area contributed by atoms with Gasteiger partial charge >= 0.3 is 5.97 Å². The maximum atomic E-state index is 11.6. The fourth-order valence-corrected chi connectivity index (χ4v) is 4.95. The van der Waals surface area contributed by atoms with Gasteiger partial charge in [-0.1, -0.05) is 50.8 Å². The van der Waals surface area contributed by atoms with E-state index in [-0.39, 0.29) is 23.6 Å². The molecular weight excluding hydrogens is 368 g/mol. The first kappa shape index (κ1) is 18.8. The van der Waals surface area contributed by atoms with Crippen LogP contribution in [0.25, 0.3) is 20.5 Å². The van der Waals surface area contributed by atoms with Crippen molar-refractivity contribution < 1.29 is 14.3 Å². The second kappa shape index (κ2) is 7.44. The van der Waals surface area contributed by atoms with E-state index in [1.54, 1.807) is 11.3 Å². The lowest BCUT2D eigenvalue weighted by molar-refractivity contribution is -0.148. The summed E-state index contributed by atoms with van der Waals surface area (Å²) in [7, 11) is 0. The summed E-state index contributed by atoms with van der Waals surface area (Å²) < 4.78 is 13.1. The average Bonchev–Trinajstić information content (AvgIpc) is 3.24. The zero-order valence-corrected chi connectivity index (χ0v) is 17.0. The van der Waals surface area contributed by atoms with Gasteiger partial charge in [0.2, 0.25) is 0 Å². The third kappa shape index (κ3) is 3.57. The minimum atomic E-state index is -0.368. The van der Waals surface area contributed by atoms with E-state index in [9.17, 15) is 4.79 Å². The molecular formula is C24H24O3S. The number of hydrogen-bond donors (Lipinski definition) is 0. The summed E-state index contributed by atoms with van der Waals surface area (Å²) in [6.45, 7) is 7.69. The first-order chi connectivity index (χ1) is 13.5. The number of hydrogen-bond acceptors (Lipinski definition) is 4. The predicted molar refractivity (Wildman–Crippen MR) is 115 cm³/mol. The zero-order valence-electron chi connectivity index (χ0n) is 16.2. The first-order valence-electron chi connectivity index (χ1n) is 9.56. The van der Waals surface area contributed by atoms with Gasteiger partial charge in [0.25, 0.3) is 0 Å². The van der Waals surface area contributed by atoms with Crippen LogP contribution in [0, 0.1) is 5.41 Å². The molecule has 4 heteroatoms. The molecule has 2 atom stereocenters. The van der Waals surface area contributed by atoms with Crippen molar-refractivity contribution in [2.24, 2.45) is 5.41 Å². The molecule has 0 saturated heterocycles. The molecule has 28 heavy (non-hydrogen) atoms. The maximum Gasteiger partial charge on any atom is 0.330 e. The average molecular weight is 393 g/mol. The van der Waals surface area contributed by atoms with Gasteiger partial charge in [0.05, 0.1) is 0 Å². The molecule has 0 amide bonds. The number of carbonyl (C=O) groups excluding carboxylic acids is 1. The highest BCUT2D eigenvalue weighted by molar-refractivity contribution is 7.22. The molecule has 0 radical (unpaired) electrons. The van der Waals surface area contributed by atoms with Gasteiger partial charge in [0.15, 0.2) is 0 Å². The molecule has 0 bridgehead atoms. The molecule has 2 unspecified atom stereocenters. The monoisotopic (exact) mass is 392 g/mol. The molecule has 144 valence electrons. The second-order valence-electron chi connectivity index (χ2n) is 7.81. The van der Waals surface area contributed by atoms with E-state index in [4.69, 9.17) is 9.47 Å². The smallest absolute Gasteiger partial charge is 0.330 e. The van der Waals surface area contributed by atoms with Crippen LogP contribution < -0.4 is 4.74 Å². The Labute approximate surface area is 169 Å². The summed E-state index contributed by atoms with van der Waals surface area (Å²) in [5.41, 5.74) is 0.980. The molecule has 1 aromatic heterocycles. The van der Waals surface area contributed by atoms with Crippen LogP contribution >= 0.6 is 11.3 Å². The van der Waals surface area contributed by atoms with Crippen molar-refractivity contribution in [3.8, 4) is 16.2 Å². The summed E-state index contributed by atoms with van der Waals surface area (Å²) in [6.07, 6.45) is 2.73. The molecule has 4 rings (SSSR count). The summed E-state index contributed by atoms with van der Waals surface area (Å²) >= 11 is 1.77. The highest BCUT2D eigenvalue weighted by Crippen LogP contribution is 2.43. The molecule has 0 aliphatic heterocycles. The maximum absolute atomic E-state index is 11.6. The Kier molecular flexibility index (Phi) is 4.98. The zero-order chi connectivity index (χ0) is 19.7. The van der Waals surface area contributed by atoms with Crippen LogP contribution in [0.2, 0.25) is 0 Å². The number of carbonyl (C=O) groups is 1. The molecule has 1 saturated carbocycles. The van der Waals surface area contributed by atoms with Crippen molar-refractivity contribution in [3.63, 3.8) is 0 Å². The lowest BCUT2D eigenvalue weighted by Crippen LogP contribution is -2.38. The van der Waals surface area contributed by atoms with E-state index >= 15 is 0 Å². The van der Waals surface area contributed by atoms with Crippen molar-refractivity contribution in [2.75, 3.05) is 0 Å². The Morgan fingerprint density at radius 3 is 2.61 bits per heavy atom. The second-order valence-corrected chi connectivity index (χ2v) is 8.89. The third-order valence-electron chi connectivity index (χ3n) is 5.60. The topological polar surface area (TPSA) is 35.5 Å². The van der Waals surface area contributed by atoms with Crippen molar-refractivity contribution in [3.05, 3.63) is 67.3 Å². The van der Waals surface area contributed by atoms with Crippen molar-refractivity contribution in [2.45, 2.75) is 38.9 Å². The van der Waals surface area contributed by atoms with Crippen LogP contribution in [-0.4, -0.2) is 18.2 Å². The Bertz CT molecular complexity index is 1000. The Morgan fingerprint density at radius 2 is 1.86 bits per heavy atom. The normalized spacial score (nSPS) is 20.8. The number of thiophene rings is 1. The molecule has 2 aromatic carbocycles. The van der Waals surface area contributed by atoms with E-state index in [0.717, 1.165) is 18.6 Å². The number of rotatable bonds is 5. The van der Waals surface area contributed by atoms with E-state index in [0.29, 0.717) is 0 Å². The van der Waals surface area contributed by atoms with Gasteiger partial charge in [-0.15, -0.1) is 11.3 Å². The summed E-state index contributed by atoms with van der Waals surface area (Å²) in [5.74, 6) is 0.495. The molecule has 1 aliphatic carbocycles. The molecule has 0 spiro atoms. The van der Waals surface area contributed by atoms with E-state index in [1.165, 1.54) is 26.6 Å². The Hall–Kier alpha value is -2.59. The van der Waals surface area contributed by atoms with Crippen LogP contribution in [0.5, 0.6) is 5.75 Å². The SMILES string of the molecule is C=CC(=O)OC1CCC(Oc2ccc3cc(-c4ccccc4)sc3c2)C1(C)C. The minimum absolute atomic E-state index is 0.00104.